The zero-order valence-corrected chi connectivity index (χ0v) is 22.2. The molecule has 1 amide bonds. The van der Waals surface area contributed by atoms with Gasteiger partial charge in [0.05, 0.1) is 31.0 Å². The molecular formula is C29H40N4O3. The van der Waals surface area contributed by atoms with Gasteiger partial charge in [-0.3, -0.25) is 14.8 Å². The molecule has 194 valence electrons. The molecule has 0 unspecified atom stereocenters. The number of nitrogens with zero attached hydrogens (tertiary/aromatic N) is 4. The van der Waals surface area contributed by atoms with Gasteiger partial charge >= 0.3 is 6.09 Å². The second-order valence-electron chi connectivity index (χ2n) is 11.4. The predicted octanol–water partition coefficient (Wildman–Crippen LogP) is 4.59. The molecule has 3 aliphatic rings. The van der Waals surface area contributed by atoms with Crippen LogP contribution in [0.4, 0.5) is 10.5 Å². The second kappa shape index (κ2) is 10.4. The van der Waals surface area contributed by atoms with Crippen LogP contribution in [0.25, 0.3) is 0 Å². The molecule has 0 spiro atoms. The average Bonchev–Trinajstić information content (AvgIpc) is 2.87. The molecule has 1 aromatic heterocycles. The molecule has 1 saturated heterocycles. The number of morpholine rings is 1. The molecule has 2 aliphatic heterocycles. The van der Waals surface area contributed by atoms with Crippen LogP contribution in [0.3, 0.4) is 0 Å². The molecule has 1 aromatic carbocycles. The van der Waals surface area contributed by atoms with E-state index >= 15 is 0 Å². The third-order valence-electron chi connectivity index (χ3n) is 7.65. The molecule has 0 bridgehead atoms. The van der Waals surface area contributed by atoms with E-state index in [4.69, 9.17) is 14.5 Å². The first kappa shape index (κ1) is 25.0. The van der Waals surface area contributed by atoms with Gasteiger partial charge in [0.2, 0.25) is 0 Å². The van der Waals surface area contributed by atoms with E-state index in [1.807, 2.05) is 37.9 Å². The van der Waals surface area contributed by atoms with E-state index in [2.05, 4.69) is 41.1 Å². The van der Waals surface area contributed by atoms with Crippen LogP contribution in [0.5, 0.6) is 0 Å². The average molecular weight is 493 g/mol. The van der Waals surface area contributed by atoms with Crippen molar-refractivity contribution in [3.63, 3.8) is 0 Å². The highest BCUT2D eigenvalue weighted by molar-refractivity contribution is 5.70. The van der Waals surface area contributed by atoms with E-state index < -0.39 is 5.60 Å². The number of aryl methyl sites for hydroxylation is 1. The van der Waals surface area contributed by atoms with Gasteiger partial charge in [0.25, 0.3) is 0 Å². The Labute approximate surface area is 215 Å². The van der Waals surface area contributed by atoms with E-state index in [-0.39, 0.29) is 18.2 Å². The lowest BCUT2D eigenvalue weighted by molar-refractivity contribution is 0.00645. The fourth-order valence-electron chi connectivity index (χ4n) is 5.93. The summed E-state index contributed by atoms with van der Waals surface area (Å²) in [6.45, 7) is 10.5. The van der Waals surface area contributed by atoms with Crippen molar-refractivity contribution in [1.82, 2.24) is 14.8 Å². The number of hydrogen-bond donors (Lipinski definition) is 0. The lowest BCUT2D eigenvalue weighted by Crippen LogP contribution is -2.51. The van der Waals surface area contributed by atoms with Gasteiger partial charge in [-0.05, 0) is 82.3 Å². The maximum Gasteiger partial charge on any atom is 0.410 e. The first-order chi connectivity index (χ1) is 17.3. The summed E-state index contributed by atoms with van der Waals surface area (Å²) in [5.74, 6) is 0. The molecule has 2 aromatic rings. The molecule has 0 saturated carbocycles. The summed E-state index contributed by atoms with van der Waals surface area (Å²) in [6, 6.07) is 11.1. The molecule has 0 N–H and O–H groups in total. The number of anilines is 1. The third kappa shape index (κ3) is 5.37. The quantitative estimate of drug-likeness (QED) is 0.622. The molecule has 5 rings (SSSR count). The number of pyridine rings is 1. The minimum absolute atomic E-state index is 0.0219. The highest BCUT2D eigenvalue weighted by Gasteiger charge is 2.37. The predicted molar refractivity (Wildman–Crippen MR) is 141 cm³/mol. The fourth-order valence-corrected chi connectivity index (χ4v) is 5.93. The summed E-state index contributed by atoms with van der Waals surface area (Å²) in [5.41, 5.74) is 5.88. The Hall–Kier alpha value is -2.64. The van der Waals surface area contributed by atoms with E-state index in [9.17, 15) is 4.79 Å². The first-order valence-corrected chi connectivity index (χ1v) is 13.4. The number of fused-ring (bicyclic) bond motifs is 2. The Morgan fingerprint density at radius 1 is 1.17 bits per heavy atom. The number of amides is 1. The standard InChI is InChI=1S/C29H40N4O3/c1-29(2,3)36-28(34)33-19-22-9-6-11-25(32-14-16-35-17-15-32)24(22)18-23(33)20-31(4)26-12-5-8-21-10-7-13-30-27(21)26/h6-7,9-11,13,23,26H,5,8,12,14-20H2,1-4H3/t23-,26+/m1/s1. The van der Waals surface area contributed by atoms with Gasteiger partial charge in [0, 0.05) is 38.1 Å². The number of carbonyl (C=O) groups excluding carboxylic acids is 1. The van der Waals surface area contributed by atoms with Gasteiger partial charge in [-0.1, -0.05) is 18.2 Å². The highest BCUT2D eigenvalue weighted by Crippen LogP contribution is 2.36. The van der Waals surface area contributed by atoms with Crippen molar-refractivity contribution in [1.29, 1.82) is 0 Å². The monoisotopic (exact) mass is 492 g/mol. The maximum absolute atomic E-state index is 13.4. The molecule has 1 aliphatic carbocycles. The summed E-state index contributed by atoms with van der Waals surface area (Å²) in [4.78, 5) is 25.0. The first-order valence-electron chi connectivity index (χ1n) is 13.4. The number of aromatic nitrogens is 1. The molecule has 7 nitrogen and oxygen atoms in total. The van der Waals surface area contributed by atoms with Crippen molar-refractivity contribution in [2.24, 2.45) is 0 Å². The van der Waals surface area contributed by atoms with Gasteiger partial charge in [-0.2, -0.15) is 0 Å². The van der Waals surface area contributed by atoms with Crippen LogP contribution in [0.1, 0.15) is 62.0 Å². The van der Waals surface area contributed by atoms with Crippen molar-refractivity contribution >= 4 is 11.8 Å². The molecule has 3 heterocycles. The van der Waals surface area contributed by atoms with Crippen molar-refractivity contribution < 1.29 is 14.3 Å². The fraction of sp³-hybridized carbons (Fsp3) is 0.586. The van der Waals surface area contributed by atoms with Crippen LogP contribution in [0, 0.1) is 0 Å². The SMILES string of the molecule is CN(C[C@H]1Cc2c(cccc2N2CCOCC2)CN1C(=O)OC(C)(C)C)[C@H]1CCCc2cccnc21. The highest BCUT2D eigenvalue weighted by atomic mass is 16.6. The topological polar surface area (TPSA) is 58.1 Å². The zero-order chi connectivity index (χ0) is 25.3. The third-order valence-corrected chi connectivity index (χ3v) is 7.65. The van der Waals surface area contributed by atoms with Gasteiger partial charge < -0.3 is 14.4 Å². The Kier molecular flexibility index (Phi) is 7.22. The normalized spacial score (nSPS) is 22.2. The van der Waals surface area contributed by atoms with Crippen molar-refractivity contribution in [2.45, 2.75) is 70.7 Å². The summed E-state index contributed by atoms with van der Waals surface area (Å²) in [5, 5.41) is 0. The van der Waals surface area contributed by atoms with Crippen LogP contribution >= 0.6 is 0 Å². The molecule has 36 heavy (non-hydrogen) atoms. The number of benzene rings is 1. The summed E-state index contributed by atoms with van der Waals surface area (Å²) < 4.78 is 11.5. The summed E-state index contributed by atoms with van der Waals surface area (Å²) in [6.07, 6.45) is 5.84. The largest absolute Gasteiger partial charge is 0.444 e. The smallest absolute Gasteiger partial charge is 0.410 e. The molecule has 0 radical (unpaired) electrons. The maximum atomic E-state index is 13.4. The molecule has 7 heteroatoms. The van der Waals surface area contributed by atoms with Crippen molar-refractivity contribution in [3.8, 4) is 0 Å². The van der Waals surface area contributed by atoms with Crippen LogP contribution in [-0.2, 0) is 28.9 Å². The number of rotatable bonds is 4. The molecule has 2 atom stereocenters. The van der Waals surface area contributed by atoms with Crippen molar-refractivity contribution in [2.75, 3.05) is 44.8 Å². The van der Waals surface area contributed by atoms with Gasteiger partial charge in [0.1, 0.15) is 5.60 Å². The Morgan fingerprint density at radius 2 is 1.94 bits per heavy atom. The van der Waals surface area contributed by atoms with E-state index in [0.29, 0.717) is 6.54 Å². The lowest BCUT2D eigenvalue weighted by atomic mass is 9.89. The van der Waals surface area contributed by atoms with Gasteiger partial charge in [-0.15, -0.1) is 0 Å². The summed E-state index contributed by atoms with van der Waals surface area (Å²) >= 11 is 0. The van der Waals surface area contributed by atoms with Gasteiger partial charge in [0.15, 0.2) is 0 Å². The van der Waals surface area contributed by atoms with E-state index in [1.165, 1.54) is 28.1 Å². The Bertz CT molecular complexity index is 1080. The van der Waals surface area contributed by atoms with Crippen LogP contribution in [0.15, 0.2) is 36.5 Å². The molecular weight excluding hydrogens is 452 g/mol. The van der Waals surface area contributed by atoms with E-state index in [1.54, 1.807) is 0 Å². The number of hydrogen-bond acceptors (Lipinski definition) is 6. The second-order valence-corrected chi connectivity index (χ2v) is 11.4. The van der Waals surface area contributed by atoms with E-state index in [0.717, 1.165) is 58.5 Å². The summed E-state index contributed by atoms with van der Waals surface area (Å²) in [7, 11) is 2.19. The van der Waals surface area contributed by atoms with Crippen LogP contribution in [0.2, 0.25) is 0 Å². The minimum atomic E-state index is -0.532. The Morgan fingerprint density at radius 3 is 2.72 bits per heavy atom. The molecule has 1 fully saturated rings. The number of carbonyl (C=O) groups is 1. The number of likely N-dealkylation sites (N-methyl/N-ethyl adjacent to an activating group) is 1. The number of ether oxygens (including phenoxy) is 2. The lowest BCUT2D eigenvalue weighted by Gasteiger charge is -2.43. The van der Waals surface area contributed by atoms with Crippen molar-refractivity contribution in [3.05, 3.63) is 58.9 Å². The van der Waals surface area contributed by atoms with Crippen LogP contribution in [-0.4, -0.2) is 72.4 Å². The zero-order valence-electron chi connectivity index (χ0n) is 22.2. The van der Waals surface area contributed by atoms with Crippen LogP contribution < -0.4 is 4.90 Å². The van der Waals surface area contributed by atoms with Gasteiger partial charge in [-0.25, -0.2) is 4.79 Å². The minimum Gasteiger partial charge on any atom is -0.444 e. The Balaban J connectivity index is 1.43.